The number of ether oxygens (including phenoxy) is 1. The molecule has 3 rings (SSSR count). The molecule has 0 amide bonds. The molecule has 0 spiro atoms. The van der Waals surface area contributed by atoms with Crippen LogP contribution in [0.15, 0.2) is 83.8 Å². The molecule has 3 aromatic rings. The first kappa shape index (κ1) is 17.4. The number of benzene rings is 3. The number of aliphatic hydroxyl groups excluding tert-OH is 1. The zero-order valence-corrected chi connectivity index (χ0v) is 14.5. The molecule has 3 aromatic carbocycles. The van der Waals surface area contributed by atoms with Crippen molar-refractivity contribution in [2.24, 2.45) is 0 Å². The van der Waals surface area contributed by atoms with Crippen LogP contribution >= 0.6 is 11.8 Å². The molecule has 0 aliphatic heterocycles. The summed E-state index contributed by atoms with van der Waals surface area (Å²) < 4.78 is 5.66. The van der Waals surface area contributed by atoms with Gasteiger partial charge < -0.3 is 14.9 Å². The molecular formula is C21H20O3S. The summed E-state index contributed by atoms with van der Waals surface area (Å²) in [5.41, 5.74) is 2.30. The van der Waals surface area contributed by atoms with Gasteiger partial charge in [0, 0.05) is 10.6 Å². The topological polar surface area (TPSA) is 49.7 Å². The van der Waals surface area contributed by atoms with Crippen LogP contribution in [0.4, 0.5) is 0 Å². The van der Waals surface area contributed by atoms with Crippen LogP contribution in [0.3, 0.4) is 0 Å². The summed E-state index contributed by atoms with van der Waals surface area (Å²) in [5.74, 6) is 1.47. The summed E-state index contributed by atoms with van der Waals surface area (Å²) in [6.07, 6.45) is -0.582. The van der Waals surface area contributed by atoms with Crippen LogP contribution in [0.5, 0.6) is 11.5 Å². The van der Waals surface area contributed by atoms with Gasteiger partial charge in [-0.15, -0.1) is 11.8 Å². The molecule has 1 atom stereocenters. The van der Waals surface area contributed by atoms with Crippen molar-refractivity contribution in [3.63, 3.8) is 0 Å². The summed E-state index contributed by atoms with van der Waals surface area (Å²) >= 11 is 1.49. The van der Waals surface area contributed by atoms with Crippen molar-refractivity contribution in [2.75, 3.05) is 12.4 Å². The molecule has 0 saturated heterocycles. The number of aromatic hydroxyl groups is 1. The van der Waals surface area contributed by atoms with Gasteiger partial charge in [0.05, 0.1) is 6.10 Å². The Labute approximate surface area is 151 Å². The highest BCUT2D eigenvalue weighted by Crippen LogP contribution is 2.24. The summed E-state index contributed by atoms with van der Waals surface area (Å²) in [6, 6.07) is 25.0. The van der Waals surface area contributed by atoms with Gasteiger partial charge in [0.2, 0.25) is 0 Å². The lowest BCUT2D eigenvalue weighted by atomic mass is 10.1. The Balaban J connectivity index is 1.48. The molecule has 4 heteroatoms. The number of phenols is 1. The largest absolute Gasteiger partial charge is 0.508 e. The van der Waals surface area contributed by atoms with E-state index in [0.29, 0.717) is 5.75 Å². The van der Waals surface area contributed by atoms with Gasteiger partial charge in [-0.1, -0.05) is 48.5 Å². The fourth-order valence-corrected chi connectivity index (χ4v) is 3.24. The lowest BCUT2D eigenvalue weighted by molar-refractivity contribution is 0.126. The lowest BCUT2D eigenvalue weighted by Gasteiger charge is -2.12. The number of aliphatic hydroxyl groups is 1. The minimum Gasteiger partial charge on any atom is -0.508 e. The van der Waals surface area contributed by atoms with Crippen molar-refractivity contribution in [1.29, 1.82) is 0 Å². The summed E-state index contributed by atoms with van der Waals surface area (Å²) in [6.45, 7) is 0.233. The first-order chi connectivity index (χ1) is 12.2. The number of hydrogen-bond acceptors (Lipinski definition) is 4. The molecule has 0 heterocycles. The smallest absolute Gasteiger partial charge is 0.119 e. The minimum absolute atomic E-state index is 0.231. The van der Waals surface area contributed by atoms with E-state index in [-0.39, 0.29) is 12.4 Å². The molecule has 0 bridgehead atoms. The second kappa shape index (κ2) is 8.60. The van der Waals surface area contributed by atoms with Gasteiger partial charge in [-0.25, -0.2) is 0 Å². The maximum atomic E-state index is 10.1. The quantitative estimate of drug-likeness (QED) is 0.611. The van der Waals surface area contributed by atoms with E-state index in [2.05, 4.69) is 12.1 Å². The van der Waals surface area contributed by atoms with Crippen molar-refractivity contribution >= 4 is 11.8 Å². The van der Waals surface area contributed by atoms with Crippen LogP contribution < -0.4 is 4.74 Å². The molecule has 0 aliphatic rings. The zero-order valence-electron chi connectivity index (χ0n) is 13.7. The maximum absolute atomic E-state index is 10.1. The highest BCUT2D eigenvalue weighted by molar-refractivity contribution is 7.99. The summed E-state index contributed by atoms with van der Waals surface area (Å²) in [7, 11) is 0. The van der Waals surface area contributed by atoms with Gasteiger partial charge in [0.25, 0.3) is 0 Å². The van der Waals surface area contributed by atoms with Crippen LogP contribution in [0, 0.1) is 0 Å². The molecule has 0 fully saturated rings. The van der Waals surface area contributed by atoms with Crippen molar-refractivity contribution < 1.29 is 14.9 Å². The van der Waals surface area contributed by atoms with Crippen molar-refractivity contribution in [3.05, 3.63) is 78.9 Å². The van der Waals surface area contributed by atoms with E-state index in [1.807, 2.05) is 48.5 Å². The van der Waals surface area contributed by atoms with Crippen LogP contribution in [0.1, 0.15) is 0 Å². The van der Waals surface area contributed by atoms with E-state index < -0.39 is 6.10 Å². The molecule has 0 saturated carbocycles. The standard InChI is InChI=1S/C21H20O3S/c22-18-7-4-8-21(13-18)25-15-19(23)14-24-20-11-9-17(10-12-20)16-5-2-1-3-6-16/h1-13,19,22-23H,14-15H2. The second-order valence-corrected chi connectivity index (χ2v) is 6.76. The Kier molecular flexibility index (Phi) is 5.99. The first-order valence-electron chi connectivity index (χ1n) is 8.09. The number of phenolic OH excluding ortho intramolecular Hbond substituents is 1. The number of hydrogen-bond donors (Lipinski definition) is 2. The van der Waals surface area contributed by atoms with Crippen molar-refractivity contribution in [2.45, 2.75) is 11.0 Å². The third kappa shape index (κ3) is 5.28. The summed E-state index contributed by atoms with van der Waals surface area (Å²) in [4.78, 5) is 0.922. The summed E-state index contributed by atoms with van der Waals surface area (Å²) in [5, 5.41) is 19.5. The van der Waals surface area contributed by atoms with Crippen LogP contribution in [-0.2, 0) is 0 Å². The van der Waals surface area contributed by atoms with E-state index in [4.69, 9.17) is 4.74 Å². The van der Waals surface area contributed by atoms with E-state index in [1.165, 1.54) is 11.8 Å². The Morgan fingerprint density at radius 2 is 1.56 bits per heavy atom. The number of rotatable bonds is 7. The number of thioether (sulfide) groups is 1. The molecule has 0 aliphatic carbocycles. The van der Waals surface area contributed by atoms with Crippen molar-refractivity contribution in [3.8, 4) is 22.6 Å². The van der Waals surface area contributed by atoms with Gasteiger partial charge in [0.1, 0.15) is 18.1 Å². The normalized spacial score (nSPS) is 11.9. The van der Waals surface area contributed by atoms with Crippen molar-refractivity contribution in [1.82, 2.24) is 0 Å². The molecule has 3 nitrogen and oxygen atoms in total. The Morgan fingerprint density at radius 1 is 0.840 bits per heavy atom. The van der Waals surface area contributed by atoms with Gasteiger partial charge in [-0.05, 0) is 41.5 Å². The highest BCUT2D eigenvalue weighted by atomic mass is 32.2. The average molecular weight is 352 g/mol. The molecule has 2 N–H and O–H groups in total. The van der Waals surface area contributed by atoms with Gasteiger partial charge in [-0.3, -0.25) is 0 Å². The van der Waals surface area contributed by atoms with Crippen LogP contribution in [0.25, 0.3) is 11.1 Å². The Bertz CT molecular complexity index is 788. The molecule has 25 heavy (non-hydrogen) atoms. The van der Waals surface area contributed by atoms with Crippen LogP contribution in [0.2, 0.25) is 0 Å². The fourth-order valence-electron chi connectivity index (χ4n) is 2.38. The monoisotopic (exact) mass is 352 g/mol. The first-order valence-corrected chi connectivity index (χ1v) is 9.07. The van der Waals surface area contributed by atoms with E-state index in [1.54, 1.807) is 18.2 Å². The minimum atomic E-state index is -0.582. The maximum Gasteiger partial charge on any atom is 0.119 e. The zero-order chi connectivity index (χ0) is 17.5. The predicted octanol–water partition coefficient (Wildman–Crippen LogP) is 4.59. The highest BCUT2D eigenvalue weighted by Gasteiger charge is 2.07. The van der Waals surface area contributed by atoms with Gasteiger partial charge in [-0.2, -0.15) is 0 Å². The molecule has 128 valence electrons. The Morgan fingerprint density at radius 3 is 2.28 bits per heavy atom. The average Bonchev–Trinajstić information content (AvgIpc) is 2.66. The SMILES string of the molecule is Oc1cccc(SCC(O)COc2ccc(-c3ccccc3)cc2)c1. The lowest BCUT2D eigenvalue weighted by Crippen LogP contribution is -2.20. The molecule has 0 radical (unpaired) electrons. The Hall–Kier alpha value is -2.43. The third-order valence-electron chi connectivity index (χ3n) is 3.66. The predicted molar refractivity (Wildman–Crippen MR) is 102 cm³/mol. The van der Waals surface area contributed by atoms with Gasteiger partial charge >= 0.3 is 0 Å². The van der Waals surface area contributed by atoms with E-state index in [9.17, 15) is 10.2 Å². The molecule has 0 aromatic heterocycles. The van der Waals surface area contributed by atoms with E-state index in [0.717, 1.165) is 21.8 Å². The van der Waals surface area contributed by atoms with Gasteiger partial charge in [0.15, 0.2) is 0 Å². The second-order valence-electron chi connectivity index (χ2n) is 5.66. The molecule has 1 unspecified atom stereocenters. The van der Waals surface area contributed by atoms with E-state index >= 15 is 0 Å². The van der Waals surface area contributed by atoms with Crippen LogP contribution in [-0.4, -0.2) is 28.7 Å². The molecular weight excluding hydrogens is 332 g/mol. The fraction of sp³-hybridized carbons (Fsp3) is 0.143. The third-order valence-corrected chi connectivity index (χ3v) is 4.80.